The third-order valence-corrected chi connectivity index (χ3v) is 5.94. The third-order valence-electron chi connectivity index (χ3n) is 5.36. The minimum atomic E-state index is -0.937. The Morgan fingerprint density at radius 3 is 2.29 bits per heavy atom. The number of carbonyl (C=O) groups is 3. The maximum Gasteiger partial charge on any atom is 0.420 e. The number of pyridine rings is 1. The fourth-order valence-electron chi connectivity index (χ4n) is 3.76. The summed E-state index contributed by atoms with van der Waals surface area (Å²) in [5.41, 5.74) is 0.439. The average molecular weight is 538 g/mol. The lowest BCUT2D eigenvalue weighted by Gasteiger charge is -2.38. The zero-order valence-electron chi connectivity index (χ0n) is 20.7. The lowest BCUT2D eigenvalue weighted by atomic mass is 9.95. The Hall–Kier alpha value is -2.30. The van der Waals surface area contributed by atoms with Gasteiger partial charge in [-0.25, -0.2) is 13.5 Å². The number of piperidine rings is 1. The minimum Gasteiger partial charge on any atom is -0.464 e. The van der Waals surface area contributed by atoms with Crippen molar-refractivity contribution in [2.75, 3.05) is 37.7 Å². The van der Waals surface area contributed by atoms with Gasteiger partial charge >= 0.3 is 12.1 Å². The van der Waals surface area contributed by atoms with Crippen LogP contribution in [0, 0.1) is 5.92 Å². The molecule has 0 spiro atoms. The molecule has 3 radical (unpaired) electrons. The number of halogens is 1. The van der Waals surface area contributed by atoms with Crippen LogP contribution in [0.3, 0.4) is 0 Å². The van der Waals surface area contributed by atoms with Gasteiger partial charge in [-0.1, -0.05) is 0 Å². The highest BCUT2D eigenvalue weighted by molar-refractivity contribution is 9.07. The lowest BCUT2D eigenvalue weighted by molar-refractivity contribution is -0.155. The normalized spacial score (nSPS) is 15.1. The van der Waals surface area contributed by atoms with E-state index in [0.717, 1.165) is 35.5 Å². The first-order chi connectivity index (χ1) is 15.5. The predicted octanol–water partition coefficient (Wildman–Crippen LogP) is 3.24. The second-order valence-electron chi connectivity index (χ2n) is 9.10. The van der Waals surface area contributed by atoms with Gasteiger partial charge < -0.3 is 19.3 Å². The quantitative estimate of drug-likeness (QED) is 0.285. The van der Waals surface area contributed by atoms with Gasteiger partial charge in [-0.05, 0) is 58.6 Å². The van der Waals surface area contributed by atoms with Crippen molar-refractivity contribution in [1.82, 2.24) is 13.8 Å². The van der Waals surface area contributed by atoms with Crippen molar-refractivity contribution in [1.29, 1.82) is 0 Å². The molecule has 1 aromatic rings. The second-order valence-corrected chi connectivity index (χ2v) is 9.96. The molecule has 1 saturated heterocycles. The fraction of sp³-hybridized carbons (Fsp3) is 0.652. The Labute approximate surface area is 213 Å². The van der Waals surface area contributed by atoms with Crippen LogP contribution in [0.15, 0.2) is 24.5 Å². The van der Waals surface area contributed by atoms with E-state index < -0.39 is 23.7 Å². The zero-order chi connectivity index (χ0) is 24.6. The molecule has 0 bridgehead atoms. The summed E-state index contributed by atoms with van der Waals surface area (Å²) in [6, 6.07) is 3.04. The van der Waals surface area contributed by atoms with E-state index in [0.29, 0.717) is 6.54 Å². The number of anilines is 1. The topological polar surface area (TPSA) is 92.3 Å². The van der Waals surface area contributed by atoms with Gasteiger partial charge in [-0.15, -0.1) is 0 Å². The number of aromatic nitrogens is 1. The number of amides is 2. The molecule has 0 N–H and O–H groups in total. The van der Waals surface area contributed by atoms with Crippen LogP contribution < -0.4 is 4.90 Å². The van der Waals surface area contributed by atoms with E-state index in [1.807, 2.05) is 12.1 Å². The Morgan fingerprint density at radius 1 is 1.21 bits per heavy atom. The molecular formula is C23H35BBrN4O5. The summed E-state index contributed by atoms with van der Waals surface area (Å²) >= 11 is 3.19. The molecule has 0 aliphatic carbocycles. The molecule has 1 aliphatic rings. The summed E-state index contributed by atoms with van der Waals surface area (Å²) < 4.78 is 11.7. The molecule has 1 aromatic heterocycles. The molecule has 1 fully saturated rings. The van der Waals surface area contributed by atoms with Crippen molar-refractivity contribution in [3.63, 3.8) is 0 Å². The molecule has 0 unspecified atom stereocenters. The van der Waals surface area contributed by atoms with Gasteiger partial charge in [0, 0.05) is 53.1 Å². The van der Waals surface area contributed by atoms with E-state index in [2.05, 4.69) is 26.0 Å². The largest absolute Gasteiger partial charge is 0.464 e. The van der Waals surface area contributed by atoms with Crippen molar-refractivity contribution in [3.05, 3.63) is 24.5 Å². The molecule has 1 aliphatic heterocycles. The highest BCUT2D eigenvalue weighted by Crippen LogP contribution is 2.25. The van der Waals surface area contributed by atoms with Crippen LogP contribution in [-0.4, -0.2) is 84.6 Å². The second kappa shape index (κ2) is 13.6. The molecule has 2 rings (SSSR count). The Morgan fingerprint density at radius 2 is 1.79 bits per heavy atom. The fourth-order valence-corrected chi connectivity index (χ4v) is 4.11. The van der Waals surface area contributed by atoms with E-state index in [1.54, 1.807) is 40.1 Å². The van der Waals surface area contributed by atoms with Crippen LogP contribution in [0.2, 0.25) is 0 Å². The monoisotopic (exact) mass is 537 g/mol. The summed E-state index contributed by atoms with van der Waals surface area (Å²) in [6.07, 6.45) is 4.68. The molecule has 9 nitrogen and oxygen atoms in total. The van der Waals surface area contributed by atoms with Gasteiger partial charge in [0.15, 0.2) is 0 Å². The molecule has 2 heterocycles. The molecular weight excluding hydrogens is 503 g/mol. The molecule has 0 aromatic carbocycles. The summed E-state index contributed by atoms with van der Waals surface area (Å²) in [5.74, 6) is -0.557. The molecule has 187 valence electrons. The van der Waals surface area contributed by atoms with E-state index in [4.69, 9.17) is 9.47 Å². The summed E-state index contributed by atoms with van der Waals surface area (Å²) in [5, 5.41) is 0. The van der Waals surface area contributed by atoms with Crippen LogP contribution in [0.25, 0.3) is 0 Å². The predicted molar refractivity (Wildman–Crippen MR) is 135 cm³/mol. The number of hydrogen-bond acceptors (Lipinski definition) is 7. The first kappa shape index (κ1) is 29.7. The molecule has 34 heavy (non-hydrogen) atoms. The lowest BCUT2D eigenvalue weighted by Crippen LogP contribution is -2.53. The number of esters is 1. The van der Waals surface area contributed by atoms with Crippen molar-refractivity contribution >= 4 is 48.2 Å². The standard InChI is InChI=1S/C23H35BrN4O5.B/c1-6-32-21(30)20(16-28(24)22(31)33-23(3,4)5)27(17(2)29)15-18-9-13-26(14-10-18)19-7-11-25-12-8-19;/h7-8,11-12,18,20H,6,9-10,13-16H2,1-5H3;/t20-;/m1./s1. The molecule has 1 atom stereocenters. The van der Waals surface area contributed by atoms with Crippen molar-refractivity contribution in [2.24, 2.45) is 5.92 Å². The first-order valence-electron chi connectivity index (χ1n) is 11.3. The zero-order valence-corrected chi connectivity index (χ0v) is 22.3. The molecule has 11 heteroatoms. The Kier molecular flexibility index (Phi) is 11.9. The van der Waals surface area contributed by atoms with Crippen molar-refractivity contribution in [3.8, 4) is 0 Å². The van der Waals surface area contributed by atoms with Gasteiger partial charge in [-0.2, -0.15) is 0 Å². The van der Waals surface area contributed by atoms with Crippen LogP contribution in [0.5, 0.6) is 0 Å². The van der Waals surface area contributed by atoms with Gasteiger partial charge in [0.05, 0.1) is 29.3 Å². The van der Waals surface area contributed by atoms with E-state index >= 15 is 0 Å². The van der Waals surface area contributed by atoms with Crippen molar-refractivity contribution < 1.29 is 23.9 Å². The van der Waals surface area contributed by atoms with Crippen LogP contribution in [0.4, 0.5) is 10.5 Å². The van der Waals surface area contributed by atoms with E-state index in [-0.39, 0.29) is 33.4 Å². The number of rotatable bonds is 8. The van der Waals surface area contributed by atoms with E-state index in [1.165, 1.54) is 11.8 Å². The van der Waals surface area contributed by atoms with E-state index in [9.17, 15) is 14.4 Å². The highest BCUT2D eigenvalue weighted by Gasteiger charge is 2.35. The Bertz CT molecular complexity index is 800. The smallest absolute Gasteiger partial charge is 0.420 e. The molecule has 2 amide bonds. The summed E-state index contributed by atoms with van der Waals surface area (Å²) in [7, 11) is 0. The van der Waals surface area contributed by atoms with Crippen LogP contribution in [0.1, 0.15) is 47.5 Å². The summed E-state index contributed by atoms with van der Waals surface area (Å²) in [6.45, 7) is 10.6. The number of ether oxygens (including phenoxy) is 2. The van der Waals surface area contributed by atoms with Crippen LogP contribution >= 0.6 is 16.1 Å². The van der Waals surface area contributed by atoms with Gasteiger partial charge in [0.1, 0.15) is 11.6 Å². The maximum absolute atomic E-state index is 12.8. The maximum atomic E-state index is 12.8. The third kappa shape index (κ3) is 9.16. The summed E-state index contributed by atoms with van der Waals surface area (Å²) in [4.78, 5) is 45.7. The first-order valence-corrected chi connectivity index (χ1v) is 12.0. The van der Waals surface area contributed by atoms with Crippen LogP contribution in [-0.2, 0) is 19.1 Å². The van der Waals surface area contributed by atoms with Gasteiger partial charge in [-0.3, -0.25) is 9.78 Å². The van der Waals surface area contributed by atoms with Crippen molar-refractivity contribution in [2.45, 2.75) is 59.1 Å². The molecule has 0 saturated carbocycles. The number of nitrogens with zero attached hydrogens (tertiary/aromatic N) is 4. The van der Waals surface area contributed by atoms with Gasteiger partial charge in [0.2, 0.25) is 5.91 Å². The van der Waals surface area contributed by atoms with Gasteiger partial charge in [0.25, 0.3) is 0 Å². The number of hydrogen-bond donors (Lipinski definition) is 0. The highest BCUT2D eigenvalue weighted by atomic mass is 79.9. The number of carbonyl (C=O) groups excluding carboxylic acids is 3. The SMILES string of the molecule is CCOC(=O)[C@@H](CN(Br)C(=O)OC(C)(C)C)N(CC1CCN(c2ccncc2)CC1)C(C)=O.[B]. The average Bonchev–Trinajstić information content (AvgIpc) is 2.75. The Balaban J connectivity index is 0.00000578. The minimum absolute atomic E-state index is 0.